The van der Waals surface area contributed by atoms with E-state index in [0.29, 0.717) is 12.0 Å². The summed E-state index contributed by atoms with van der Waals surface area (Å²) >= 11 is 0. The maximum absolute atomic E-state index is 5.46. The highest BCUT2D eigenvalue weighted by Gasteiger charge is 2.26. The normalized spacial score (nSPS) is 24.8. The van der Waals surface area contributed by atoms with E-state index in [-0.39, 0.29) is 0 Å². The molecule has 1 N–H and O–H groups in total. The summed E-state index contributed by atoms with van der Waals surface area (Å²) in [7, 11) is 0. The van der Waals surface area contributed by atoms with Crippen LogP contribution in [-0.2, 0) is 6.42 Å². The van der Waals surface area contributed by atoms with E-state index in [4.69, 9.17) is 4.52 Å². The van der Waals surface area contributed by atoms with Gasteiger partial charge in [0, 0.05) is 18.4 Å². The number of rotatable bonds is 7. The van der Waals surface area contributed by atoms with Gasteiger partial charge in [-0.25, -0.2) is 0 Å². The quantitative estimate of drug-likeness (QED) is 0.827. The van der Waals surface area contributed by atoms with Gasteiger partial charge in [0.25, 0.3) is 0 Å². The first-order valence-corrected chi connectivity index (χ1v) is 8.32. The molecule has 114 valence electrons. The smallest absolute Gasteiger partial charge is 0.228 e. The molecule has 4 nitrogen and oxygen atoms in total. The minimum Gasteiger partial charge on any atom is -0.339 e. The van der Waals surface area contributed by atoms with E-state index in [0.717, 1.165) is 37.0 Å². The van der Waals surface area contributed by atoms with E-state index in [9.17, 15) is 0 Å². The maximum Gasteiger partial charge on any atom is 0.228 e. The summed E-state index contributed by atoms with van der Waals surface area (Å²) in [6.45, 7) is 7.60. The van der Waals surface area contributed by atoms with Gasteiger partial charge in [-0.2, -0.15) is 4.98 Å². The molecule has 1 heterocycles. The average Bonchev–Trinajstić information content (AvgIpc) is 2.95. The van der Waals surface area contributed by atoms with Crippen molar-refractivity contribution in [2.45, 2.75) is 77.7 Å². The molecule has 1 saturated carbocycles. The lowest BCUT2D eigenvalue weighted by atomic mass is 9.80. The van der Waals surface area contributed by atoms with E-state index in [1.807, 2.05) is 0 Å². The van der Waals surface area contributed by atoms with Crippen LogP contribution in [0.3, 0.4) is 0 Å². The molecule has 20 heavy (non-hydrogen) atoms. The van der Waals surface area contributed by atoms with Crippen molar-refractivity contribution in [2.24, 2.45) is 5.92 Å². The number of hydrogen-bond acceptors (Lipinski definition) is 4. The first-order valence-electron chi connectivity index (χ1n) is 8.32. The van der Waals surface area contributed by atoms with Crippen molar-refractivity contribution in [3.63, 3.8) is 0 Å². The SMILES string of the molecule is CCNC(CC)Cc1nc(C2CCCC(CC)C2)no1. The molecule has 0 saturated heterocycles. The summed E-state index contributed by atoms with van der Waals surface area (Å²) in [5.41, 5.74) is 0. The fourth-order valence-electron chi connectivity index (χ4n) is 3.27. The Bertz CT molecular complexity index is 391. The van der Waals surface area contributed by atoms with Crippen LogP contribution in [-0.4, -0.2) is 22.7 Å². The third-order valence-electron chi connectivity index (χ3n) is 4.62. The third-order valence-corrected chi connectivity index (χ3v) is 4.62. The molecule has 1 aromatic rings. The molecule has 1 aliphatic carbocycles. The van der Waals surface area contributed by atoms with Crippen LogP contribution < -0.4 is 5.32 Å². The molecule has 2 rings (SSSR count). The van der Waals surface area contributed by atoms with Crippen molar-refractivity contribution in [1.29, 1.82) is 0 Å². The van der Waals surface area contributed by atoms with Crippen LogP contribution >= 0.6 is 0 Å². The first kappa shape index (κ1) is 15.5. The van der Waals surface area contributed by atoms with E-state index < -0.39 is 0 Å². The molecule has 0 bridgehead atoms. The van der Waals surface area contributed by atoms with E-state index >= 15 is 0 Å². The summed E-state index contributed by atoms with van der Waals surface area (Å²) in [6, 6.07) is 0.447. The summed E-state index contributed by atoms with van der Waals surface area (Å²) in [5, 5.41) is 7.70. The zero-order valence-electron chi connectivity index (χ0n) is 13.2. The van der Waals surface area contributed by atoms with Crippen LogP contribution in [0.15, 0.2) is 4.52 Å². The zero-order chi connectivity index (χ0) is 14.4. The molecule has 1 aromatic heterocycles. The van der Waals surface area contributed by atoms with Crippen LogP contribution in [0.25, 0.3) is 0 Å². The lowest BCUT2D eigenvalue weighted by Gasteiger charge is -2.26. The summed E-state index contributed by atoms with van der Waals surface area (Å²) < 4.78 is 5.46. The Morgan fingerprint density at radius 2 is 2.15 bits per heavy atom. The van der Waals surface area contributed by atoms with Gasteiger partial charge in [0.05, 0.1) is 0 Å². The predicted molar refractivity (Wildman–Crippen MR) is 80.7 cm³/mol. The molecular weight excluding hydrogens is 250 g/mol. The lowest BCUT2D eigenvalue weighted by Crippen LogP contribution is -2.30. The van der Waals surface area contributed by atoms with Gasteiger partial charge in [0.2, 0.25) is 5.89 Å². The Morgan fingerprint density at radius 1 is 1.30 bits per heavy atom. The van der Waals surface area contributed by atoms with Crippen molar-refractivity contribution >= 4 is 0 Å². The molecule has 4 heteroatoms. The van der Waals surface area contributed by atoms with Crippen molar-refractivity contribution in [3.8, 4) is 0 Å². The molecular formula is C16H29N3O. The van der Waals surface area contributed by atoms with Crippen LogP contribution in [0.2, 0.25) is 0 Å². The molecule has 1 aliphatic rings. The number of aromatic nitrogens is 2. The second kappa shape index (κ2) is 7.77. The largest absolute Gasteiger partial charge is 0.339 e. The highest BCUT2D eigenvalue weighted by molar-refractivity contribution is 4.99. The zero-order valence-corrected chi connectivity index (χ0v) is 13.2. The number of likely N-dealkylation sites (N-methyl/N-ethyl adjacent to an activating group) is 1. The third kappa shape index (κ3) is 4.05. The van der Waals surface area contributed by atoms with Crippen LogP contribution in [0.4, 0.5) is 0 Å². The minimum atomic E-state index is 0.447. The van der Waals surface area contributed by atoms with Gasteiger partial charge in [-0.15, -0.1) is 0 Å². The van der Waals surface area contributed by atoms with Gasteiger partial charge in [0.1, 0.15) is 0 Å². The van der Waals surface area contributed by atoms with E-state index in [1.165, 1.54) is 32.1 Å². The molecule has 3 unspecified atom stereocenters. The van der Waals surface area contributed by atoms with Crippen molar-refractivity contribution in [1.82, 2.24) is 15.5 Å². The Labute approximate surface area is 122 Å². The molecule has 0 aromatic carbocycles. The fraction of sp³-hybridized carbons (Fsp3) is 0.875. The van der Waals surface area contributed by atoms with Gasteiger partial charge in [-0.05, 0) is 31.7 Å². The number of hydrogen-bond donors (Lipinski definition) is 1. The highest BCUT2D eigenvalue weighted by Crippen LogP contribution is 2.36. The Kier molecular flexibility index (Phi) is 6.02. The Balaban J connectivity index is 1.94. The lowest BCUT2D eigenvalue weighted by molar-refractivity contribution is 0.297. The topological polar surface area (TPSA) is 51.0 Å². The second-order valence-electron chi connectivity index (χ2n) is 6.05. The number of nitrogens with zero attached hydrogens (tertiary/aromatic N) is 2. The highest BCUT2D eigenvalue weighted by atomic mass is 16.5. The van der Waals surface area contributed by atoms with Gasteiger partial charge in [-0.3, -0.25) is 0 Å². The summed E-state index contributed by atoms with van der Waals surface area (Å²) in [6.07, 6.45) is 8.35. The monoisotopic (exact) mass is 279 g/mol. The minimum absolute atomic E-state index is 0.447. The molecule has 0 amide bonds. The van der Waals surface area contributed by atoms with E-state index in [1.54, 1.807) is 0 Å². The first-order chi connectivity index (χ1) is 9.76. The van der Waals surface area contributed by atoms with Crippen molar-refractivity contribution in [2.75, 3.05) is 6.54 Å². The van der Waals surface area contributed by atoms with Crippen LogP contribution in [0.5, 0.6) is 0 Å². The van der Waals surface area contributed by atoms with Crippen molar-refractivity contribution in [3.05, 3.63) is 11.7 Å². The van der Waals surface area contributed by atoms with Crippen molar-refractivity contribution < 1.29 is 4.52 Å². The van der Waals surface area contributed by atoms with Gasteiger partial charge < -0.3 is 9.84 Å². The van der Waals surface area contributed by atoms with Gasteiger partial charge >= 0.3 is 0 Å². The van der Waals surface area contributed by atoms with Crippen LogP contribution in [0, 0.1) is 5.92 Å². The van der Waals surface area contributed by atoms with E-state index in [2.05, 4.69) is 36.2 Å². The maximum atomic E-state index is 5.46. The van der Waals surface area contributed by atoms with Gasteiger partial charge in [-0.1, -0.05) is 45.2 Å². The second-order valence-corrected chi connectivity index (χ2v) is 6.05. The van der Waals surface area contributed by atoms with Gasteiger partial charge in [0.15, 0.2) is 5.82 Å². The molecule has 3 atom stereocenters. The molecule has 0 radical (unpaired) electrons. The summed E-state index contributed by atoms with van der Waals surface area (Å²) in [4.78, 5) is 4.65. The molecule has 0 spiro atoms. The standard InChI is InChI=1S/C16H29N3O/c1-4-12-8-7-9-13(10-12)16-18-15(20-19-16)11-14(5-2)17-6-3/h12-14,17H,4-11H2,1-3H3. The molecule has 0 aliphatic heterocycles. The average molecular weight is 279 g/mol. The Morgan fingerprint density at radius 3 is 2.85 bits per heavy atom. The Hall–Kier alpha value is -0.900. The predicted octanol–water partition coefficient (Wildman–Crippen LogP) is 3.68. The fourth-order valence-corrected chi connectivity index (χ4v) is 3.27. The van der Waals surface area contributed by atoms with Crippen LogP contribution in [0.1, 0.15) is 76.9 Å². The molecule has 1 fully saturated rings. The summed E-state index contributed by atoms with van der Waals surface area (Å²) in [5.74, 6) is 3.11. The number of nitrogens with one attached hydrogen (secondary N) is 1.